The van der Waals surface area contributed by atoms with Crippen molar-refractivity contribution in [3.8, 4) is 17.5 Å². The summed E-state index contributed by atoms with van der Waals surface area (Å²) in [7, 11) is 1.69. The number of nitrogens with zero attached hydrogens (tertiary/aromatic N) is 4. The highest BCUT2D eigenvalue weighted by Crippen LogP contribution is 2.17. The molecular weight excluding hydrogens is 248 g/mol. The molecule has 0 atom stereocenters. The minimum absolute atomic E-state index is 0.216. The van der Waals surface area contributed by atoms with Gasteiger partial charge in [0.2, 0.25) is 5.95 Å². The van der Waals surface area contributed by atoms with E-state index < -0.39 is 0 Å². The van der Waals surface area contributed by atoms with Gasteiger partial charge in [0.25, 0.3) is 0 Å². The van der Waals surface area contributed by atoms with Gasteiger partial charge in [-0.1, -0.05) is 0 Å². The van der Waals surface area contributed by atoms with Crippen LogP contribution in [0, 0.1) is 11.3 Å². The summed E-state index contributed by atoms with van der Waals surface area (Å²) >= 11 is 5.04. The molecule has 0 unspecified atom stereocenters. The van der Waals surface area contributed by atoms with Crippen molar-refractivity contribution in [1.29, 1.82) is 5.26 Å². The molecule has 1 heterocycles. The molecule has 0 aliphatic heterocycles. The van der Waals surface area contributed by atoms with E-state index in [0.717, 1.165) is 5.56 Å². The number of nitrogens with one attached hydrogen (secondary N) is 1. The Bertz CT molecular complexity index is 622. The van der Waals surface area contributed by atoms with Crippen molar-refractivity contribution in [2.75, 3.05) is 12.8 Å². The number of hydrogen-bond donors (Lipinski definition) is 2. The zero-order valence-corrected chi connectivity index (χ0v) is 10.4. The first-order valence-corrected chi connectivity index (χ1v) is 5.51. The predicted octanol–water partition coefficient (Wildman–Crippen LogP) is 0.751. The average Bonchev–Trinajstić information content (AvgIpc) is 2.80. The molecule has 0 saturated heterocycles. The Labute approximate surface area is 109 Å². The fourth-order valence-electron chi connectivity index (χ4n) is 1.40. The molecule has 0 aliphatic carbocycles. The minimum atomic E-state index is 0.216. The van der Waals surface area contributed by atoms with Crippen molar-refractivity contribution in [1.82, 2.24) is 20.1 Å². The van der Waals surface area contributed by atoms with E-state index >= 15 is 0 Å². The molecule has 0 fully saturated rings. The Morgan fingerprint density at radius 3 is 2.67 bits per heavy atom. The summed E-state index contributed by atoms with van der Waals surface area (Å²) in [4.78, 5) is 4.12. The van der Waals surface area contributed by atoms with Crippen LogP contribution in [0.25, 0.3) is 11.4 Å². The van der Waals surface area contributed by atoms with E-state index in [1.165, 1.54) is 4.68 Å². The van der Waals surface area contributed by atoms with Gasteiger partial charge in [-0.25, -0.2) is 0 Å². The van der Waals surface area contributed by atoms with E-state index in [2.05, 4.69) is 15.4 Å². The Kier molecular flexibility index (Phi) is 3.21. The third-order valence-corrected chi connectivity index (χ3v) is 2.69. The largest absolute Gasteiger partial charge is 0.368 e. The Hall–Kier alpha value is -2.46. The van der Waals surface area contributed by atoms with Crippen molar-refractivity contribution >= 4 is 23.3 Å². The van der Waals surface area contributed by atoms with Gasteiger partial charge in [-0.05, 0) is 36.5 Å². The molecule has 0 bridgehead atoms. The van der Waals surface area contributed by atoms with E-state index in [-0.39, 0.29) is 5.95 Å². The first kappa shape index (κ1) is 12.0. The third-order valence-electron chi connectivity index (χ3n) is 2.31. The molecule has 0 spiro atoms. The monoisotopic (exact) mass is 258 g/mol. The molecule has 0 radical (unpaired) electrons. The SMILES string of the molecule is CNC(=S)n1nc(-c2ccc(C#N)cc2)nc1N. The predicted molar refractivity (Wildman–Crippen MR) is 71.6 cm³/mol. The number of thiocarbonyl (C=S) groups is 1. The molecule has 18 heavy (non-hydrogen) atoms. The summed E-state index contributed by atoms with van der Waals surface area (Å²) in [6.07, 6.45) is 0. The second-order valence-corrected chi connectivity index (χ2v) is 3.84. The van der Waals surface area contributed by atoms with Crippen LogP contribution in [-0.2, 0) is 0 Å². The quantitative estimate of drug-likeness (QED) is 0.733. The molecule has 2 rings (SSSR count). The van der Waals surface area contributed by atoms with Gasteiger partial charge >= 0.3 is 0 Å². The highest BCUT2D eigenvalue weighted by Gasteiger charge is 2.11. The summed E-state index contributed by atoms with van der Waals surface area (Å²) in [5.74, 6) is 0.684. The van der Waals surface area contributed by atoms with Crippen LogP contribution in [0.15, 0.2) is 24.3 Å². The van der Waals surface area contributed by atoms with Crippen LogP contribution in [0.4, 0.5) is 5.95 Å². The lowest BCUT2D eigenvalue weighted by molar-refractivity contribution is 0.915. The minimum Gasteiger partial charge on any atom is -0.368 e. The van der Waals surface area contributed by atoms with E-state index in [1.54, 1.807) is 31.3 Å². The summed E-state index contributed by atoms with van der Waals surface area (Å²) in [5, 5.41) is 16.1. The summed E-state index contributed by atoms with van der Waals surface area (Å²) in [6.45, 7) is 0. The van der Waals surface area contributed by atoms with Crippen molar-refractivity contribution in [2.24, 2.45) is 0 Å². The lowest BCUT2D eigenvalue weighted by Gasteiger charge is -2.01. The molecule has 0 aliphatic rings. The molecule has 0 amide bonds. The molecule has 0 saturated carbocycles. The fourth-order valence-corrected chi connectivity index (χ4v) is 1.53. The maximum atomic E-state index is 8.72. The Balaban J connectivity index is 2.39. The van der Waals surface area contributed by atoms with Crippen molar-refractivity contribution < 1.29 is 0 Å². The first-order valence-electron chi connectivity index (χ1n) is 5.11. The van der Waals surface area contributed by atoms with E-state index in [9.17, 15) is 0 Å². The Morgan fingerprint density at radius 1 is 1.44 bits per heavy atom. The number of anilines is 1. The number of benzene rings is 1. The number of nitriles is 1. The molecule has 1 aromatic heterocycles. The summed E-state index contributed by atoms with van der Waals surface area (Å²) in [6, 6.07) is 8.97. The first-order chi connectivity index (χ1) is 8.65. The smallest absolute Gasteiger partial charge is 0.226 e. The van der Waals surface area contributed by atoms with Gasteiger partial charge in [0.05, 0.1) is 11.6 Å². The van der Waals surface area contributed by atoms with Crippen LogP contribution in [0.3, 0.4) is 0 Å². The summed E-state index contributed by atoms with van der Waals surface area (Å²) in [5.41, 5.74) is 7.08. The zero-order chi connectivity index (χ0) is 13.1. The molecule has 90 valence electrons. The summed E-state index contributed by atoms with van der Waals surface area (Å²) < 4.78 is 1.35. The van der Waals surface area contributed by atoms with E-state index in [0.29, 0.717) is 16.5 Å². The average molecular weight is 258 g/mol. The lowest BCUT2D eigenvalue weighted by atomic mass is 10.1. The van der Waals surface area contributed by atoms with Gasteiger partial charge < -0.3 is 11.1 Å². The number of rotatable bonds is 1. The van der Waals surface area contributed by atoms with Crippen LogP contribution >= 0.6 is 12.2 Å². The van der Waals surface area contributed by atoms with Crippen LogP contribution in [0.1, 0.15) is 5.56 Å². The molecule has 2 aromatic rings. The molecule has 7 heteroatoms. The normalized spacial score (nSPS) is 9.78. The van der Waals surface area contributed by atoms with Gasteiger partial charge in [-0.3, -0.25) is 0 Å². The van der Waals surface area contributed by atoms with Gasteiger partial charge in [0.15, 0.2) is 10.9 Å². The third kappa shape index (κ3) is 2.14. The van der Waals surface area contributed by atoms with E-state index in [4.69, 9.17) is 23.2 Å². The zero-order valence-electron chi connectivity index (χ0n) is 9.58. The topological polar surface area (TPSA) is 92.5 Å². The molecule has 3 N–H and O–H groups in total. The van der Waals surface area contributed by atoms with E-state index in [1.807, 2.05) is 6.07 Å². The maximum absolute atomic E-state index is 8.72. The second kappa shape index (κ2) is 4.81. The highest BCUT2D eigenvalue weighted by molar-refractivity contribution is 7.80. The van der Waals surface area contributed by atoms with Gasteiger partial charge in [-0.2, -0.15) is 14.9 Å². The number of aromatic nitrogens is 3. The van der Waals surface area contributed by atoms with Crippen LogP contribution in [0.5, 0.6) is 0 Å². The standard InChI is InChI=1S/C11H10N6S/c1-14-11(18)17-10(13)15-9(16-17)8-4-2-7(6-12)3-5-8/h2-5H,1H3,(H,14,18)(H2,13,15,16). The van der Waals surface area contributed by atoms with Crippen molar-refractivity contribution in [3.05, 3.63) is 29.8 Å². The lowest BCUT2D eigenvalue weighted by Crippen LogP contribution is -2.26. The van der Waals surface area contributed by atoms with Gasteiger partial charge in [0.1, 0.15) is 0 Å². The van der Waals surface area contributed by atoms with Gasteiger partial charge in [0, 0.05) is 12.6 Å². The van der Waals surface area contributed by atoms with Crippen molar-refractivity contribution in [2.45, 2.75) is 0 Å². The fraction of sp³-hybridized carbons (Fsp3) is 0.0909. The second-order valence-electron chi connectivity index (χ2n) is 3.45. The van der Waals surface area contributed by atoms with Crippen LogP contribution in [-0.4, -0.2) is 26.9 Å². The highest BCUT2D eigenvalue weighted by atomic mass is 32.1. The molecular formula is C11H10N6S. The number of nitrogens with two attached hydrogens (primary N) is 1. The van der Waals surface area contributed by atoms with Crippen molar-refractivity contribution in [3.63, 3.8) is 0 Å². The van der Waals surface area contributed by atoms with Crippen LogP contribution in [0.2, 0.25) is 0 Å². The van der Waals surface area contributed by atoms with Crippen LogP contribution < -0.4 is 11.1 Å². The number of hydrogen-bond acceptors (Lipinski definition) is 5. The molecule has 1 aromatic carbocycles. The molecule has 6 nitrogen and oxygen atoms in total. The van der Waals surface area contributed by atoms with Gasteiger partial charge in [-0.15, -0.1) is 5.10 Å². The Morgan fingerprint density at radius 2 is 2.11 bits per heavy atom. The number of nitrogen functional groups attached to an aromatic ring is 1. The maximum Gasteiger partial charge on any atom is 0.226 e.